The molecule has 0 saturated carbocycles. The first kappa shape index (κ1) is 14.3. The lowest BCUT2D eigenvalue weighted by Crippen LogP contribution is -2.32. The predicted molar refractivity (Wildman–Crippen MR) is 81.3 cm³/mol. The van der Waals surface area contributed by atoms with Gasteiger partial charge in [-0.15, -0.1) is 23.5 Å². The minimum Gasteiger partial charge on any atom is -0.349 e. The molecule has 19 heavy (non-hydrogen) atoms. The molecule has 0 bridgehead atoms. The Morgan fingerprint density at radius 2 is 2.05 bits per heavy atom. The molecule has 0 unspecified atom stereocenters. The SMILES string of the molecule is C[C@@H](CC#N)NC(=O)c1ccc(C2SCCS2)cc1. The predicted octanol–water partition coefficient (Wildman–Crippen LogP) is 3.20. The van der Waals surface area contributed by atoms with E-state index in [4.69, 9.17) is 5.26 Å². The number of rotatable bonds is 4. The number of nitrogens with one attached hydrogen (secondary N) is 1. The largest absolute Gasteiger partial charge is 0.349 e. The molecule has 0 spiro atoms. The zero-order chi connectivity index (χ0) is 13.7. The van der Waals surface area contributed by atoms with Gasteiger partial charge in [0, 0.05) is 23.1 Å². The van der Waals surface area contributed by atoms with E-state index in [1.54, 1.807) is 0 Å². The summed E-state index contributed by atoms with van der Waals surface area (Å²) in [5, 5.41) is 11.4. The third-order valence-electron chi connectivity index (χ3n) is 2.84. The van der Waals surface area contributed by atoms with Crippen molar-refractivity contribution < 1.29 is 4.79 Å². The van der Waals surface area contributed by atoms with Gasteiger partial charge in [0.1, 0.15) is 0 Å². The van der Waals surface area contributed by atoms with E-state index in [1.807, 2.05) is 54.7 Å². The molecule has 1 aliphatic rings. The van der Waals surface area contributed by atoms with Crippen molar-refractivity contribution >= 4 is 29.4 Å². The van der Waals surface area contributed by atoms with Gasteiger partial charge in [-0.3, -0.25) is 4.79 Å². The van der Waals surface area contributed by atoms with Gasteiger partial charge >= 0.3 is 0 Å². The van der Waals surface area contributed by atoms with Crippen LogP contribution in [0, 0.1) is 11.3 Å². The van der Waals surface area contributed by atoms with E-state index < -0.39 is 0 Å². The molecule has 1 amide bonds. The first-order chi connectivity index (χ1) is 9.20. The van der Waals surface area contributed by atoms with Crippen LogP contribution in [0.15, 0.2) is 24.3 Å². The van der Waals surface area contributed by atoms with Gasteiger partial charge in [0.25, 0.3) is 5.91 Å². The summed E-state index contributed by atoms with van der Waals surface area (Å²) >= 11 is 3.91. The zero-order valence-corrected chi connectivity index (χ0v) is 12.4. The number of carbonyl (C=O) groups excluding carboxylic acids is 1. The van der Waals surface area contributed by atoms with Gasteiger partial charge in [0.05, 0.1) is 17.1 Å². The van der Waals surface area contributed by atoms with Crippen LogP contribution in [0.1, 0.15) is 33.8 Å². The molecular weight excluding hydrogens is 276 g/mol. The summed E-state index contributed by atoms with van der Waals surface area (Å²) in [6.45, 7) is 1.83. The lowest BCUT2D eigenvalue weighted by atomic mass is 10.1. The molecule has 0 radical (unpaired) electrons. The van der Waals surface area contributed by atoms with Gasteiger partial charge in [-0.2, -0.15) is 5.26 Å². The number of nitrogens with zero attached hydrogens (tertiary/aromatic N) is 1. The summed E-state index contributed by atoms with van der Waals surface area (Å²) in [4.78, 5) is 11.9. The smallest absolute Gasteiger partial charge is 0.251 e. The Kier molecular flexibility index (Phi) is 5.17. The van der Waals surface area contributed by atoms with Gasteiger partial charge in [-0.05, 0) is 24.6 Å². The number of carbonyl (C=O) groups is 1. The summed E-state index contributed by atoms with van der Waals surface area (Å²) in [7, 11) is 0. The number of nitriles is 1. The van der Waals surface area contributed by atoms with Crippen molar-refractivity contribution in [2.45, 2.75) is 24.0 Å². The third kappa shape index (κ3) is 3.92. The highest BCUT2D eigenvalue weighted by Crippen LogP contribution is 2.45. The second kappa shape index (κ2) is 6.88. The van der Waals surface area contributed by atoms with E-state index in [1.165, 1.54) is 17.1 Å². The highest BCUT2D eigenvalue weighted by Gasteiger charge is 2.18. The van der Waals surface area contributed by atoms with Crippen molar-refractivity contribution in [3.8, 4) is 6.07 Å². The van der Waals surface area contributed by atoms with Crippen LogP contribution in [-0.4, -0.2) is 23.5 Å². The summed E-state index contributed by atoms with van der Waals surface area (Å²) in [5.74, 6) is 2.29. The second-order valence-electron chi connectivity index (χ2n) is 4.43. The van der Waals surface area contributed by atoms with E-state index in [2.05, 4.69) is 11.4 Å². The van der Waals surface area contributed by atoms with Crippen LogP contribution < -0.4 is 5.32 Å². The molecule has 0 aromatic heterocycles. The van der Waals surface area contributed by atoms with Crippen molar-refractivity contribution in [2.75, 3.05) is 11.5 Å². The van der Waals surface area contributed by atoms with Crippen molar-refractivity contribution in [1.29, 1.82) is 5.26 Å². The Bertz CT molecular complexity index is 475. The van der Waals surface area contributed by atoms with Crippen LogP contribution in [0.25, 0.3) is 0 Å². The molecule has 2 rings (SSSR count). The van der Waals surface area contributed by atoms with E-state index in [9.17, 15) is 4.79 Å². The molecule has 3 nitrogen and oxygen atoms in total. The average molecular weight is 292 g/mol. The number of thioether (sulfide) groups is 2. The van der Waals surface area contributed by atoms with Gasteiger partial charge < -0.3 is 5.32 Å². The number of hydrogen-bond acceptors (Lipinski definition) is 4. The van der Waals surface area contributed by atoms with Crippen molar-refractivity contribution in [3.63, 3.8) is 0 Å². The number of amides is 1. The Balaban J connectivity index is 1.97. The zero-order valence-electron chi connectivity index (χ0n) is 10.8. The van der Waals surface area contributed by atoms with Gasteiger partial charge in [-0.1, -0.05) is 12.1 Å². The van der Waals surface area contributed by atoms with Crippen LogP contribution in [0.3, 0.4) is 0 Å². The summed E-state index contributed by atoms with van der Waals surface area (Å²) in [6, 6.07) is 9.72. The summed E-state index contributed by atoms with van der Waals surface area (Å²) in [6.07, 6.45) is 0.333. The molecule has 5 heteroatoms. The van der Waals surface area contributed by atoms with Crippen LogP contribution >= 0.6 is 23.5 Å². The van der Waals surface area contributed by atoms with E-state index >= 15 is 0 Å². The molecular formula is C14H16N2OS2. The normalized spacial score (nSPS) is 16.8. The molecule has 1 fully saturated rings. The Labute approximate surface area is 122 Å². The van der Waals surface area contributed by atoms with Crippen molar-refractivity contribution in [1.82, 2.24) is 5.32 Å². The molecule has 0 aliphatic carbocycles. The molecule has 1 N–H and O–H groups in total. The fourth-order valence-corrected chi connectivity index (χ4v) is 4.70. The third-order valence-corrected chi connectivity index (χ3v) is 5.95. The highest BCUT2D eigenvalue weighted by atomic mass is 32.2. The van der Waals surface area contributed by atoms with Gasteiger partial charge in [0.2, 0.25) is 0 Å². The molecule has 1 aromatic rings. The van der Waals surface area contributed by atoms with Crippen molar-refractivity contribution in [2.24, 2.45) is 0 Å². The fourth-order valence-electron chi connectivity index (χ4n) is 1.84. The number of benzene rings is 1. The molecule has 1 aliphatic heterocycles. The first-order valence-corrected chi connectivity index (χ1v) is 8.31. The minimum atomic E-state index is -0.113. The van der Waals surface area contributed by atoms with Gasteiger partial charge in [0.15, 0.2) is 0 Å². The maximum Gasteiger partial charge on any atom is 0.251 e. The van der Waals surface area contributed by atoms with Crippen LogP contribution in [0.5, 0.6) is 0 Å². The quantitative estimate of drug-likeness (QED) is 0.926. The molecule has 1 heterocycles. The monoisotopic (exact) mass is 292 g/mol. The summed E-state index contributed by atoms with van der Waals surface area (Å²) in [5.41, 5.74) is 1.93. The van der Waals surface area contributed by atoms with E-state index in [0.717, 1.165) is 0 Å². The fraction of sp³-hybridized carbons (Fsp3) is 0.429. The van der Waals surface area contributed by atoms with Crippen LogP contribution in [-0.2, 0) is 0 Å². The van der Waals surface area contributed by atoms with Crippen molar-refractivity contribution in [3.05, 3.63) is 35.4 Å². The first-order valence-electron chi connectivity index (χ1n) is 6.21. The van der Waals surface area contributed by atoms with Gasteiger partial charge in [-0.25, -0.2) is 0 Å². The lowest BCUT2D eigenvalue weighted by molar-refractivity contribution is 0.0941. The highest BCUT2D eigenvalue weighted by molar-refractivity contribution is 8.19. The molecule has 1 atom stereocenters. The Hall–Kier alpha value is -1.12. The maximum absolute atomic E-state index is 11.9. The number of hydrogen-bond donors (Lipinski definition) is 1. The molecule has 1 aromatic carbocycles. The Morgan fingerprint density at radius 1 is 1.42 bits per heavy atom. The Morgan fingerprint density at radius 3 is 2.63 bits per heavy atom. The second-order valence-corrected chi connectivity index (χ2v) is 7.16. The van der Waals surface area contributed by atoms with E-state index in [-0.39, 0.29) is 11.9 Å². The maximum atomic E-state index is 11.9. The van der Waals surface area contributed by atoms with E-state index in [0.29, 0.717) is 16.6 Å². The van der Waals surface area contributed by atoms with Crippen LogP contribution in [0.2, 0.25) is 0 Å². The minimum absolute atomic E-state index is 0.110. The molecule has 100 valence electrons. The average Bonchev–Trinajstić information content (AvgIpc) is 2.93. The van der Waals surface area contributed by atoms with Crippen LogP contribution in [0.4, 0.5) is 0 Å². The standard InChI is InChI=1S/C14H16N2OS2/c1-10(6-7-15)16-13(17)11-2-4-12(5-3-11)14-18-8-9-19-14/h2-5,10,14H,6,8-9H2,1H3,(H,16,17)/t10-/m0/s1. The topological polar surface area (TPSA) is 52.9 Å². The summed E-state index contributed by atoms with van der Waals surface area (Å²) < 4.78 is 0.509. The lowest BCUT2D eigenvalue weighted by Gasteiger charge is -2.12. The molecule has 1 saturated heterocycles.